The molecular formula is C22H45NO4. The van der Waals surface area contributed by atoms with Gasteiger partial charge >= 0.3 is 6.09 Å². The monoisotopic (exact) mass is 387 g/mol. The molecule has 0 aromatic heterocycles. The van der Waals surface area contributed by atoms with Crippen molar-refractivity contribution in [3.63, 3.8) is 0 Å². The van der Waals surface area contributed by atoms with Crippen LogP contribution in [0.4, 0.5) is 4.79 Å². The number of hydrogen-bond acceptors (Lipinski definition) is 4. The molecular weight excluding hydrogens is 342 g/mol. The molecule has 0 radical (unpaired) electrons. The maximum absolute atomic E-state index is 11.8. The topological polar surface area (TPSA) is 78.8 Å². The number of aliphatic hydroxyl groups excluding tert-OH is 2. The first-order valence-electron chi connectivity index (χ1n) is 10.9. The van der Waals surface area contributed by atoms with Crippen LogP contribution >= 0.6 is 0 Å². The summed E-state index contributed by atoms with van der Waals surface area (Å²) in [6, 6.07) is -0.675. The molecule has 0 bridgehead atoms. The predicted octanol–water partition coefficient (Wildman–Crippen LogP) is 5.18. The summed E-state index contributed by atoms with van der Waals surface area (Å²) in [6.07, 6.45) is 11.7. The molecule has 0 spiro atoms. The van der Waals surface area contributed by atoms with E-state index in [2.05, 4.69) is 19.2 Å². The van der Waals surface area contributed by atoms with E-state index in [1.54, 1.807) is 20.8 Å². The molecule has 1 unspecified atom stereocenters. The first kappa shape index (κ1) is 26.2. The number of hydrogen-bond donors (Lipinski definition) is 3. The summed E-state index contributed by atoms with van der Waals surface area (Å²) in [6.45, 7) is 9.62. The minimum Gasteiger partial charge on any atom is -0.444 e. The third-order valence-electron chi connectivity index (χ3n) is 4.64. The van der Waals surface area contributed by atoms with Crippen molar-refractivity contribution in [2.45, 2.75) is 123 Å². The molecule has 0 aliphatic carbocycles. The Bertz CT molecular complexity index is 366. The third-order valence-corrected chi connectivity index (χ3v) is 4.64. The summed E-state index contributed by atoms with van der Waals surface area (Å²) in [5, 5.41) is 22.1. The molecule has 0 heterocycles. The second-order valence-electron chi connectivity index (χ2n) is 9.16. The lowest BCUT2D eigenvalue weighted by Crippen LogP contribution is -2.47. The summed E-state index contributed by atoms with van der Waals surface area (Å²) < 4.78 is 5.16. The largest absolute Gasteiger partial charge is 0.444 e. The Morgan fingerprint density at radius 1 is 0.889 bits per heavy atom. The molecule has 0 saturated heterocycles. The van der Waals surface area contributed by atoms with Gasteiger partial charge in [0.1, 0.15) is 5.60 Å². The second-order valence-corrected chi connectivity index (χ2v) is 9.16. The molecule has 0 aliphatic rings. The fourth-order valence-electron chi connectivity index (χ4n) is 3.07. The van der Waals surface area contributed by atoms with Crippen molar-refractivity contribution in [2.75, 3.05) is 6.61 Å². The van der Waals surface area contributed by atoms with Gasteiger partial charge < -0.3 is 20.3 Å². The SMILES string of the molecule is CC(C)CCCCCCCCCCCC(O)[C@H](CO)NC(=O)OC(C)(C)C. The molecule has 162 valence electrons. The lowest BCUT2D eigenvalue weighted by molar-refractivity contribution is 0.0333. The Morgan fingerprint density at radius 3 is 1.74 bits per heavy atom. The van der Waals surface area contributed by atoms with Crippen molar-refractivity contribution in [1.29, 1.82) is 0 Å². The molecule has 3 N–H and O–H groups in total. The number of carbonyl (C=O) groups is 1. The third kappa shape index (κ3) is 17.0. The summed E-state index contributed by atoms with van der Waals surface area (Å²) in [5.41, 5.74) is -0.594. The molecule has 0 aromatic rings. The molecule has 0 aromatic carbocycles. The highest BCUT2D eigenvalue weighted by atomic mass is 16.6. The summed E-state index contributed by atoms with van der Waals surface area (Å²) in [4.78, 5) is 11.8. The summed E-state index contributed by atoms with van der Waals surface area (Å²) in [7, 11) is 0. The van der Waals surface area contributed by atoms with Crippen LogP contribution in [-0.2, 0) is 4.74 Å². The maximum atomic E-state index is 11.8. The number of ether oxygens (including phenoxy) is 1. The van der Waals surface area contributed by atoms with Gasteiger partial charge in [0.05, 0.1) is 18.8 Å². The Labute approximate surface area is 167 Å². The lowest BCUT2D eigenvalue weighted by atomic mass is 10.0. The minimum atomic E-state index is -0.747. The van der Waals surface area contributed by atoms with E-state index in [0.717, 1.165) is 18.8 Å². The number of unbranched alkanes of at least 4 members (excludes halogenated alkanes) is 8. The van der Waals surface area contributed by atoms with Crippen LogP contribution in [0.25, 0.3) is 0 Å². The predicted molar refractivity (Wildman–Crippen MR) is 112 cm³/mol. The van der Waals surface area contributed by atoms with E-state index in [1.165, 1.54) is 51.4 Å². The second kappa shape index (κ2) is 15.2. The molecule has 1 amide bonds. The van der Waals surface area contributed by atoms with Crippen LogP contribution < -0.4 is 5.32 Å². The van der Waals surface area contributed by atoms with E-state index in [9.17, 15) is 15.0 Å². The van der Waals surface area contributed by atoms with E-state index in [-0.39, 0.29) is 6.61 Å². The van der Waals surface area contributed by atoms with Gasteiger partial charge in [-0.2, -0.15) is 0 Å². The zero-order valence-corrected chi connectivity index (χ0v) is 18.4. The van der Waals surface area contributed by atoms with Crippen molar-refractivity contribution in [2.24, 2.45) is 5.92 Å². The van der Waals surface area contributed by atoms with Crippen LogP contribution in [0.15, 0.2) is 0 Å². The standard InChI is InChI=1S/C22H45NO4/c1-18(2)15-13-11-9-7-6-8-10-12-14-16-20(25)19(17-24)23-21(26)27-22(3,4)5/h18-20,24-25H,6-17H2,1-5H3,(H,23,26)/t19-,20?/m0/s1. The van der Waals surface area contributed by atoms with Gasteiger partial charge in [-0.05, 0) is 33.1 Å². The van der Waals surface area contributed by atoms with Crippen LogP contribution in [0.1, 0.15) is 105 Å². The average Bonchev–Trinajstić information content (AvgIpc) is 2.55. The van der Waals surface area contributed by atoms with E-state index in [4.69, 9.17) is 4.74 Å². The van der Waals surface area contributed by atoms with Gasteiger partial charge in [0.15, 0.2) is 0 Å². The van der Waals surface area contributed by atoms with Crippen LogP contribution in [0.2, 0.25) is 0 Å². The highest BCUT2D eigenvalue weighted by Crippen LogP contribution is 2.14. The fourth-order valence-corrected chi connectivity index (χ4v) is 3.07. The van der Waals surface area contributed by atoms with Gasteiger partial charge in [-0.15, -0.1) is 0 Å². The van der Waals surface area contributed by atoms with Crippen LogP contribution in [-0.4, -0.2) is 40.7 Å². The molecule has 0 fully saturated rings. The lowest BCUT2D eigenvalue weighted by Gasteiger charge is -2.25. The Balaban J connectivity index is 3.68. The Kier molecular flexibility index (Phi) is 14.7. The van der Waals surface area contributed by atoms with E-state index >= 15 is 0 Å². The van der Waals surface area contributed by atoms with E-state index < -0.39 is 23.8 Å². The number of rotatable bonds is 15. The smallest absolute Gasteiger partial charge is 0.408 e. The fraction of sp³-hybridized carbons (Fsp3) is 0.955. The van der Waals surface area contributed by atoms with Gasteiger partial charge in [0.25, 0.3) is 0 Å². The molecule has 0 rings (SSSR count). The van der Waals surface area contributed by atoms with Crippen molar-refractivity contribution in [3.05, 3.63) is 0 Å². The average molecular weight is 388 g/mol. The zero-order chi connectivity index (χ0) is 20.7. The number of alkyl carbamates (subject to hydrolysis) is 1. The van der Waals surface area contributed by atoms with Crippen LogP contribution in [0, 0.1) is 5.92 Å². The van der Waals surface area contributed by atoms with Crippen molar-refractivity contribution >= 4 is 6.09 Å². The minimum absolute atomic E-state index is 0.294. The number of nitrogens with one attached hydrogen (secondary N) is 1. The highest BCUT2D eigenvalue weighted by molar-refractivity contribution is 5.68. The van der Waals surface area contributed by atoms with Gasteiger partial charge in [0.2, 0.25) is 0 Å². The van der Waals surface area contributed by atoms with Crippen LogP contribution in [0.3, 0.4) is 0 Å². The Hall–Kier alpha value is -0.810. The van der Waals surface area contributed by atoms with Gasteiger partial charge in [-0.25, -0.2) is 4.79 Å². The number of carbonyl (C=O) groups excluding carboxylic acids is 1. The van der Waals surface area contributed by atoms with E-state index in [1.807, 2.05) is 0 Å². The normalized spacial score (nSPS) is 14.2. The summed E-state index contributed by atoms with van der Waals surface area (Å²) >= 11 is 0. The first-order valence-corrected chi connectivity index (χ1v) is 10.9. The molecule has 5 heteroatoms. The first-order chi connectivity index (χ1) is 12.7. The molecule has 5 nitrogen and oxygen atoms in total. The van der Waals surface area contributed by atoms with E-state index in [0.29, 0.717) is 6.42 Å². The van der Waals surface area contributed by atoms with Gasteiger partial charge in [0, 0.05) is 0 Å². The maximum Gasteiger partial charge on any atom is 0.408 e. The quantitative estimate of drug-likeness (QED) is 0.338. The van der Waals surface area contributed by atoms with Gasteiger partial charge in [-0.3, -0.25) is 0 Å². The van der Waals surface area contributed by atoms with Crippen molar-refractivity contribution in [3.8, 4) is 0 Å². The summed E-state index contributed by atoms with van der Waals surface area (Å²) in [5.74, 6) is 0.824. The zero-order valence-electron chi connectivity index (χ0n) is 18.4. The Morgan fingerprint density at radius 2 is 1.33 bits per heavy atom. The molecule has 2 atom stereocenters. The number of aliphatic hydroxyl groups is 2. The van der Waals surface area contributed by atoms with Crippen molar-refractivity contribution in [1.82, 2.24) is 5.32 Å². The molecule has 0 saturated carbocycles. The highest BCUT2D eigenvalue weighted by Gasteiger charge is 2.23. The number of amides is 1. The molecule has 27 heavy (non-hydrogen) atoms. The van der Waals surface area contributed by atoms with Gasteiger partial charge in [-0.1, -0.05) is 78.1 Å². The van der Waals surface area contributed by atoms with Crippen LogP contribution in [0.5, 0.6) is 0 Å². The van der Waals surface area contributed by atoms with Crippen molar-refractivity contribution < 1.29 is 19.7 Å². The molecule has 0 aliphatic heterocycles.